The van der Waals surface area contributed by atoms with E-state index in [1.54, 1.807) is 0 Å². The average molecular weight is 604 g/mol. The molecule has 0 saturated heterocycles. The lowest BCUT2D eigenvalue weighted by Gasteiger charge is -2.24. The zero-order valence-electron chi connectivity index (χ0n) is 25.6. The Morgan fingerprint density at radius 3 is 1.91 bits per heavy atom. The highest BCUT2D eigenvalue weighted by Gasteiger charge is 2.22. The van der Waals surface area contributed by atoms with Crippen LogP contribution in [0.5, 0.6) is 0 Å². The van der Waals surface area contributed by atoms with Crippen molar-refractivity contribution in [3.63, 3.8) is 0 Å². The largest absolute Gasteiger partial charge is 0.456 e. The van der Waals surface area contributed by atoms with E-state index in [0.29, 0.717) is 0 Å². The van der Waals surface area contributed by atoms with E-state index in [1.807, 2.05) is 18.2 Å². The Hall–Kier alpha value is -6.06. The lowest BCUT2D eigenvalue weighted by molar-refractivity contribution is 0.669. The van der Waals surface area contributed by atoms with Crippen LogP contribution in [0, 0.1) is 0 Å². The first-order valence-corrected chi connectivity index (χ1v) is 16.2. The molecule has 0 N–H and O–H groups in total. The summed E-state index contributed by atoms with van der Waals surface area (Å²) in [5, 5.41) is 4.59. The summed E-state index contributed by atoms with van der Waals surface area (Å²) in [7, 11) is 0. The fourth-order valence-electron chi connectivity index (χ4n) is 7.47. The van der Waals surface area contributed by atoms with Crippen LogP contribution in [0.2, 0.25) is 0 Å². The molecule has 0 radical (unpaired) electrons. The van der Waals surface area contributed by atoms with Gasteiger partial charge in [-0.1, -0.05) is 103 Å². The van der Waals surface area contributed by atoms with Crippen molar-refractivity contribution in [1.82, 2.24) is 0 Å². The maximum absolute atomic E-state index is 6.45. The minimum atomic E-state index is 0.813. The molecule has 0 spiro atoms. The van der Waals surface area contributed by atoms with Gasteiger partial charge in [-0.25, -0.2) is 0 Å². The quantitative estimate of drug-likeness (QED) is 0.201. The second-order valence-electron chi connectivity index (χ2n) is 12.5. The Morgan fingerprint density at radius 2 is 1.04 bits per heavy atom. The number of benzene rings is 7. The molecule has 0 aliphatic carbocycles. The van der Waals surface area contributed by atoms with Crippen molar-refractivity contribution in [3.05, 3.63) is 163 Å². The highest BCUT2D eigenvalue weighted by molar-refractivity contribution is 6.10. The molecule has 2 aromatic heterocycles. The number of nitrogens with zero attached hydrogens (tertiary/aromatic N) is 1. The van der Waals surface area contributed by atoms with E-state index in [4.69, 9.17) is 8.83 Å². The lowest BCUT2D eigenvalue weighted by Crippen LogP contribution is -2.20. The topological polar surface area (TPSA) is 29.5 Å². The van der Waals surface area contributed by atoms with Crippen LogP contribution in [0.25, 0.3) is 77.3 Å². The third-order valence-corrected chi connectivity index (χ3v) is 9.77. The summed E-state index contributed by atoms with van der Waals surface area (Å²) in [4.78, 5) is 2.49. The van der Waals surface area contributed by atoms with Crippen molar-refractivity contribution in [1.29, 1.82) is 0 Å². The van der Waals surface area contributed by atoms with Crippen LogP contribution in [-0.4, -0.2) is 0 Å². The van der Waals surface area contributed by atoms with Crippen molar-refractivity contribution in [2.75, 3.05) is 4.90 Å². The predicted octanol–water partition coefficient (Wildman–Crippen LogP) is 12.0. The summed E-state index contributed by atoms with van der Waals surface area (Å²) in [5.41, 5.74) is 14.7. The minimum absolute atomic E-state index is 0.813. The number of anilines is 1. The Morgan fingerprint density at radius 1 is 0.383 bits per heavy atom. The monoisotopic (exact) mass is 603 g/mol. The van der Waals surface area contributed by atoms with Gasteiger partial charge in [-0.05, 0) is 87.5 Å². The van der Waals surface area contributed by atoms with Gasteiger partial charge in [-0.2, -0.15) is 0 Å². The minimum Gasteiger partial charge on any atom is -0.456 e. The van der Waals surface area contributed by atoms with Gasteiger partial charge >= 0.3 is 0 Å². The molecule has 0 amide bonds. The second-order valence-corrected chi connectivity index (χ2v) is 12.5. The van der Waals surface area contributed by atoms with Gasteiger partial charge in [-0.15, -0.1) is 0 Å². The van der Waals surface area contributed by atoms with E-state index < -0.39 is 0 Å². The molecule has 1 aliphatic heterocycles. The van der Waals surface area contributed by atoms with Crippen LogP contribution in [0.15, 0.2) is 160 Å². The zero-order valence-corrected chi connectivity index (χ0v) is 25.6. The number of para-hydroxylation sites is 4. The fourth-order valence-corrected chi connectivity index (χ4v) is 7.47. The van der Waals surface area contributed by atoms with E-state index >= 15 is 0 Å². The molecule has 0 fully saturated rings. The Balaban J connectivity index is 1.14. The molecule has 9 aromatic rings. The molecule has 0 saturated carbocycles. The zero-order chi connectivity index (χ0) is 30.9. The van der Waals surface area contributed by atoms with Gasteiger partial charge in [-0.3, -0.25) is 0 Å². The predicted molar refractivity (Wildman–Crippen MR) is 194 cm³/mol. The molecular formula is C44H29NO2. The number of rotatable bonds is 3. The summed E-state index contributed by atoms with van der Waals surface area (Å²) < 4.78 is 12.6. The van der Waals surface area contributed by atoms with E-state index in [-0.39, 0.29) is 0 Å². The second kappa shape index (κ2) is 10.2. The van der Waals surface area contributed by atoms with Gasteiger partial charge in [0.05, 0.1) is 0 Å². The van der Waals surface area contributed by atoms with E-state index in [9.17, 15) is 0 Å². The van der Waals surface area contributed by atoms with Crippen LogP contribution in [0.3, 0.4) is 0 Å². The van der Waals surface area contributed by atoms with Crippen LogP contribution in [-0.2, 0) is 13.1 Å². The number of hydrogen-bond acceptors (Lipinski definition) is 3. The smallest absolute Gasteiger partial charge is 0.143 e. The molecule has 1 aliphatic rings. The third kappa shape index (κ3) is 4.20. The molecular weight excluding hydrogens is 574 g/mol. The van der Waals surface area contributed by atoms with E-state index in [2.05, 4.69) is 138 Å². The van der Waals surface area contributed by atoms with Gasteiger partial charge < -0.3 is 13.7 Å². The number of fused-ring (bicyclic) bond motifs is 9. The molecule has 222 valence electrons. The van der Waals surface area contributed by atoms with Gasteiger partial charge in [0.1, 0.15) is 22.3 Å². The maximum Gasteiger partial charge on any atom is 0.143 e. The van der Waals surface area contributed by atoms with Gasteiger partial charge in [0.25, 0.3) is 0 Å². The van der Waals surface area contributed by atoms with Gasteiger partial charge in [0, 0.05) is 45.9 Å². The summed E-state index contributed by atoms with van der Waals surface area (Å²) in [6.07, 6.45) is 0. The molecule has 10 rings (SSSR count). The summed E-state index contributed by atoms with van der Waals surface area (Å²) in [6, 6.07) is 54.3. The molecule has 0 bridgehead atoms. The highest BCUT2D eigenvalue weighted by atomic mass is 16.3. The van der Waals surface area contributed by atoms with Crippen LogP contribution >= 0.6 is 0 Å². The Kier molecular flexibility index (Phi) is 5.70. The van der Waals surface area contributed by atoms with Crippen LogP contribution in [0.1, 0.15) is 11.1 Å². The van der Waals surface area contributed by atoms with Crippen molar-refractivity contribution >= 4 is 49.6 Å². The summed E-state index contributed by atoms with van der Waals surface area (Å²) in [5.74, 6) is 0. The van der Waals surface area contributed by atoms with Gasteiger partial charge in [0.2, 0.25) is 0 Å². The van der Waals surface area contributed by atoms with E-state index in [0.717, 1.165) is 68.1 Å². The standard InChI is InChI=1S/C44H29NO2/c1-2-9-33(10-3-1)45-26-31-18-17-30(35-13-8-14-38-36-11-4-7-16-42(36)47-44(35)38)25-39(31)34-21-19-28(23-32(34)27-45)29-20-22-43-40(24-29)37-12-5-6-15-41(37)46-43/h1-25H,26-27H2. The average Bonchev–Trinajstić information content (AvgIpc) is 3.65. The third-order valence-electron chi connectivity index (χ3n) is 9.77. The number of furan rings is 2. The van der Waals surface area contributed by atoms with Crippen LogP contribution < -0.4 is 4.90 Å². The van der Waals surface area contributed by atoms with Gasteiger partial charge in [0.15, 0.2) is 0 Å². The molecule has 0 unspecified atom stereocenters. The summed E-state index contributed by atoms with van der Waals surface area (Å²) >= 11 is 0. The SMILES string of the molecule is c1ccc(N2Cc3cc(-c4ccc5oc6ccccc6c5c4)ccc3-c3cc(-c4cccc5c4oc4ccccc45)ccc3C2)cc1. The lowest BCUT2D eigenvalue weighted by atomic mass is 9.90. The summed E-state index contributed by atoms with van der Waals surface area (Å²) in [6.45, 7) is 1.64. The molecule has 0 atom stereocenters. The first-order valence-electron chi connectivity index (χ1n) is 16.2. The van der Waals surface area contributed by atoms with Crippen molar-refractivity contribution < 1.29 is 8.83 Å². The maximum atomic E-state index is 6.45. The highest BCUT2D eigenvalue weighted by Crippen LogP contribution is 2.42. The fraction of sp³-hybridized carbons (Fsp3) is 0.0455. The van der Waals surface area contributed by atoms with Crippen molar-refractivity contribution in [2.45, 2.75) is 13.1 Å². The first kappa shape index (κ1) is 26.2. The molecule has 3 heterocycles. The molecule has 47 heavy (non-hydrogen) atoms. The number of hydrogen-bond donors (Lipinski definition) is 0. The normalized spacial score (nSPS) is 12.9. The first-order chi connectivity index (χ1) is 23.3. The van der Waals surface area contributed by atoms with E-state index in [1.165, 1.54) is 39.1 Å². The Bertz CT molecular complexity index is 2640. The van der Waals surface area contributed by atoms with Crippen molar-refractivity contribution in [3.8, 4) is 33.4 Å². The molecule has 3 heteroatoms. The van der Waals surface area contributed by atoms with Crippen molar-refractivity contribution in [2.24, 2.45) is 0 Å². The molecule has 7 aromatic carbocycles. The van der Waals surface area contributed by atoms with Crippen LogP contribution in [0.4, 0.5) is 5.69 Å². The Labute approximate surface area is 271 Å². The molecule has 3 nitrogen and oxygen atoms in total.